The zero-order chi connectivity index (χ0) is 11.3. The molecule has 6 heteroatoms. The van der Waals surface area contributed by atoms with E-state index in [1.807, 2.05) is 0 Å². The molecule has 15 heavy (non-hydrogen) atoms. The van der Waals surface area contributed by atoms with Crippen LogP contribution in [-0.4, -0.2) is 36.2 Å². The monoisotopic (exact) mass is 215 g/mol. The van der Waals surface area contributed by atoms with E-state index in [9.17, 15) is 4.79 Å². The van der Waals surface area contributed by atoms with Crippen molar-refractivity contribution in [1.29, 1.82) is 0 Å². The highest BCUT2D eigenvalue weighted by atomic mass is 16.5. The van der Waals surface area contributed by atoms with Crippen LogP contribution in [0.2, 0.25) is 0 Å². The van der Waals surface area contributed by atoms with Gasteiger partial charge in [-0.25, -0.2) is 0 Å². The molecule has 1 saturated heterocycles. The number of rotatable bonds is 4. The lowest BCUT2D eigenvalue weighted by atomic mass is 10.1. The number of amidine groups is 1. The standard InChI is InChI=1S/C9H17N3O3/c1-6(8(10)12-14)9(13)11-5-7-3-2-4-15-7/h6-7,14H,2-5H2,1H3,(H2,10,12)(H,11,13). The first kappa shape index (κ1) is 11.8. The predicted molar refractivity (Wildman–Crippen MR) is 54.6 cm³/mol. The second kappa shape index (κ2) is 5.55. The van der Waals surface area contributed by atoms with E-state index in [2.05, 4.69) is 10.5 Å². The van der Waals surface area contributed by atoms with E-state index in [0.29, 0.717) is 6.54 Å². The number of ether oxygens (including phenoxy) is 1. The van der Waals surface area contributed by atoms with E-state index in [1.165, 1.54) is 0 Å². The van der Waals surface area contributed by atoms with E-state index in [4.69, 9.17) is 15.7 Å². The van der Waals surface area contributed by atoms with Gasteiger partial charge in [0, 0.05) is 13.2 Å². The van der Waals surface area contributed by atoms with Crippen molar-refractivity contribution in [2.24, 2.45) is 16.8 Å². The van der Waals surface area contributed by atoms with Crippen LogP contribution in [0, 0.1) is 5.92 Å². The van der Waals surface area contributed by atoms with Crippen molar-refractivity contribution in [3.05, 3.63) is 0 Å². The third-order valence-electron chi connectivity index (χ3n) is 2.48. The summed E-state index contributed by atoms with van der Waals surface area (Å²) < 4.78 is 5.34. The molecule has 0 aromatic carbocycles. The minimum Gasteiger partial charge on any atom is -0.409 e. The van der Waals surface area contributed by atoms with Crippen LogP contribution in [0.5, 0.6) is 0 Å². The highest BCUT2D eigenvalue weighted by Gasteiger charge is 2.20. The first-order valence-electron chi connectivity index (χ1n) is 5.02. The van der Waals surface area contributed by atoms with Crippen LogP contribution in [0.25, 0.3) is 0 Å². The number of carbonyl (C=O) groups is 1. The molecule has 1 aliphatic heterocycles. The molecule has 0 aromatic heterocycles. The Hall–Kier alpha value is -1.30. The Bertz CT molecular complexity index is 249. The van der Waals surface area contributed by atoms with Crippen LogP contribution in [0.4, 0.5) is 0 Å². The van der Waals surface area contributed by atoms with Gasteiger partial charge in [0.05, 0.1) is 12.0 Å². The summed E-state index contributed by atoms with van der Waals surface area (Å²) in [5, 5.41) is 13.9. The Kier molecular flexibility index (Phi) is 4.36. The van der Waals surface area contributed by atoms with Crippen molar-refractivity contribution < 1.29 is 14.7 Å². The van der Waals surface area contributed by atoms with E-state index in [1.54, 1.807) is 6.92 Å². The van der Waals surface area contributed by atoms with Crippen molar-refractivity contribution in [3.8, 4) is 0 Å². The summed E-state index contributed by atoms with van der Waals surface area (Å²) in [4.78, 5) is 11.5. The van der Waals surface area contributed by atoms with Crippen molar-refractivity contribution in [2.45, 2.75) is 25.9 Å². The SMILES string of the molecule is CC(C(=O)NCC1CCCO1)C(N)=NO. The average Bonchev–Trinajstić information content (AvgIpc) is 2.76. The van der Waals surface area contributed by atoms with Crippen molar-refractivity contribution in [1.82, 2.24) is 5.32 Å². The first-order chi connectivity index (χ1) is 7.15. The van der Waals surface area contributed by atoms with Crippen LogP contribution in [0.1, 0.15) is 19.8 Å². The Morgan fingerprint density at radius 3 is 3.07 bits per heavy atom. The molecule has 4 N–H and O–H groups in total. The number of oxime groups is 1. The summed E-state index contributed by atoms with van der Waals surface area (Å²) in [6.45, 7) is 2.83. The second-order valence-corrected chi connectivity index (χ2v) is 3.63. The van der Waals surface area contributed by atoms with Crippen molar-refractivity contribution >= 4 is 11.7 Å². The number of nitrogens with zero attached hydrogens (tertiary/aromatic N) is 1. The zero-order valence-electron chi connectivity index (χ0n) is 8.77. The molecule has 86 valence electrons. The van der Waals surface area contributed by atoms with Gasteiger partial charge in [-0.05, 0) is 19.8 Å². The lowest BCUT2D eigenvalue weighted by molar-refractivity contribution is -0.123. The molecule has 1 amide bonds. The first-order valence-corrected chi connectivity index (χ1v) is 5.02. The molecule has 1 rings (SSSR count). The molecule has 2 atom stereocenters. The Balaban J connectivity index is 2.28. The van der Waals surface area contributed by atoms with Gasteiger partial charge in [0.2, 0.25) is 5.91 Å². The quantitative estimate of drug-likeness (QED) is 0.259. The van der Waals surface area contributed by atoms with Crippen molar-refractivity contribution in [3.63, 3.8) is 0 Å². The van der Waals surface area contributed by atoms with Gasteiger partial charge < -0.3 is 21.0 Å². The molecule has 0 bridgehead atoms. The molecule has 1 aliphatic rings. The van der Waals surface area contributed by atoms with Gasteiger partial charge in [-0.2, -0.15) is 0 Å². The van der Waals surface area contributed by atoms with Gasteiger partial charge in [-0.3, -0.25) is 4.79 Å². The van der Waals surface area contributed by atoms with Crippen molar-refractivity contribution in [2.75, 3.05) is 13.2 Å². The van der Waals surface area contributed by atoms with Gasteiger partial charge in [0.1, 0.15) is 0 Å². The van der Waals surface area contributed by atoms with Gasteiger partial charge in [0.25, 0.3) is 0 Å². The maximum atomic E-state index is 11.5. The van der Waals surface area contributed by atoms with Gasteiger partial charge >= 0.3 is 0 Å². The molecule has 1 fully saturated rings. The third kappa shape index (κ3) is 3.39. The normalized spacial score (nSPS) is 23.8. The van der Waals surface area contributed by atoms with Crippen LogP contribution in [0.3, 0.4) is 0 Å². The Labute approximate surface area is 88.5 Å². The number of hydrogen-bond acceptors (Lipinski definition) is 4. The molecule has 0 aromatic rings. The topological polar surface area (TPSA) is 96.9 Å². The lowest BCUT2D eigenvalue weighted by Gasteiger charge is -2.13. The van der Waals surface area contributed by atoms with E-state index >= 15 is 0 Å². The number of nitrogens with two attached hydrogens (primary N) is 1. The fourth-order valence-corrected chi connectivity index (χ4v) is 1.39. The van der Waals surface area contributed by atoms with Crippen LogP contribution in [-0.2, 0) is 9.53 Å². The molecule has 6 nitrogen and oxygen atoms in total. The van der Waals surface area contributed by atoms with E-state index < -0.39 is 5.92 Å². The number of nitrogens with one attached hydrogen (secondary N) is 1. The summed E-state index contributed by atoms with van der Waals surface area (Å²) in [5.41, 5.74) is 5.31. The van der Waals surface area contributed by atoms with Gasteiger partial charge in [-0.15, -0.1) is 0 Å². The van der Waals surface area contributed by atoms with E-state index in [-0.39, 0.29) is 17.8 Å². The largest absolute Gasteiger partial charge is 0.409 e. The molecular weight excluding hydrogens is 198 g/mol. The number of carbonyl (C=O) groups excluding carboxylic acids is 1. The second-order valence-electron chi connectivity index (χ2n) is 3.63. The summed E-state index contributed by atoms with van der Waals surface area (Å²) >= 11 is 0. The molecule has 2 unspecified atom stereocenters. The summed E-state index contributed by atoms with van der Waals surface area (Å²) in [6.07, 6.45) is 2.11. The maximum absolute atomic E-state index is 11.5. The fourth-order valence-electron chi connectivity index (χ4n) is 1.39. The van der Waals surface area contributed by atoms with Crippen LogP contribution in [0.15, 0.2) is 5.16 Å². The molecule has 0 aliphatic carbocycles. The molecule has 0 saturated carbocycles. The van der Waals surface area contributed by atoms with Crippen LogP contribution < -0.4 is 11.1 Å². The number of hydrogen-bond donors (Lipinski definition) is 3. The van der Waals surface area contributed by atoms with Crippen LogP contribution >= 0.6 is 0 Å². The smallest absolute Gasteiger partial charge is 0.230 e. The molecular formula is C9H17N3O3. The highest BCUT2D eigenvalue weighted by molar-refractivity contribution is 6.01. The third-order valence-corrected chi connectivity index (χ3v) is 2.48. The Morgan fingerprint density at radius 1 is 1.80 bits per heavy atom. The summed E-state index contributed by atoms with van der Waals surface area (Å²) in [5.74, 6) is -0.947. The summed E-state index contributed by atoms with van der Waals surface area (Å²) in [7, 11) is 0. The highest BCUT2D eigenvalue weighted by Crippen LogP contribution is 2.10. The van der Waals surface area contributed by atoms with Gasteiger partial charge in [0.15, 0.2) is 5.84 Å². The minimum atomic E-state index is -0.614. The molecule has 0 spiro atoms. The average molecular weight is 215 g/mol. The zero-order valence-corrected chi connectivity index (χ0v) is 8.77. The lowest BCUT2D eigenvalue weighted by Crippen LogP contribution is -2.40. The maximum Gasteiger partial charge on any atom is 0.230 e. The number of amides is 1. The molecule has 1 heterocycles. The predicted octanol–water partition coefficient (Wildman–Crippen LogP) is -0.336. The Morgan fingerprint density at radius 2 is 2.53 bits per heavy atom. The van der Waals surface area contributed by atoms with E-state index in [0.717, 1.165) is 19.4 Å². The molecule has 0 radical (unpaired) electrons. The summed E-state index contributed by atoms with van der Waals surface area (Å²) in [6, 6.07) is 0. The fraction of sp³-hybridized carbons (Fsp3) is 0.778. The minimum absolute atomic E-state index is 0.0835. The van der Waals surface area contributed by atoms with Gasteiger partial charge in [-0.1, -0.05) is 5.16 Å².